The Morgan fingerprint density at radius 3 is 2.63 bits per heavy atom. The molecule has 0 aromatic heterocycles. The molecule has 0 saturated carbocycles. The highest BCUT2D eigenvalue weighted by Gasteiger charge is 2.34. The molecule has 0 amide bonds. The molecule has 0 bridgehead atoms. The van der Waals surface area contributed by atoms with Gasteiger partial charge in [-0.05, 0) is 36.4 Å². The van der Waals surface area contributed by atoms with E-state index in [2.05, 4.69) is 37.4 Å². The Kier molecular flexibility index (Phi) is 4.63. The fourth-order valence-electron chi connectivity index (χ4n) is 3.00. The van der Waals surface area contributed by atoms with Gasteiger partial charge in [0.2, 0.25) is 0 Å². The summed E-state index contributed by atoms with van der Waals surface area (Å²) < 4.78 is 23.4. The average Bonchev–Trinajstić information content (AvgIpc) is 2.76. The fraction of sp³-hybridized carbons (Fsp3) is 0.600. The van der Waals surface area contributed by atoms with E-state index in [0.717, 1.165) is 19.4 Å². The predicted octanol–water partition coefficient (Wildman–Crippen LogP) is 2.33. The van der Waals surface area contributed by atoms with Crippen LogP contribution in [0.15, 0.2) is 24.3 Å². The molecule has 2 rings (SSSR count). The van der Waals surface area contributed by atoms with Crippen LogP contribution in [0, 0.1) is 5.92 Å². The van der Waals surface area contributed by atoms with Crippen LogP contribution in [0.4, 0.5) is 0 Å². The number of hydrogen-bond donors (Lipinski definition) is 1. The number of aryl methyl sites for hydroxylation is 1. The SMILES string of the molecule is CCNC(c1ccccc1CC)C1CCS(=O)(=O)C1. The zero-order chi connectivity index (χ0) is 13.9. The van der Waals surface area contributed by atoms with Gasteiger partial charge in [-0.1, -0.05) is 38.1 Å². The van der Waals surface area contributed by atoms with Crippen LogP contribution in [0.3, 0.4) is 0 Å². The minimum absolute atomic E-state index is 0.165. The van der Waals surface area contributed by atoms with Crippen LogP contribution in [-0.4, -0.2) is 26.5 Å². The minimum atomic E-state index is -2.83. The number of hydrogen-bond acceptors (Lipinski definition) is 3. The lowest BCUT2D eigenvalue weighted by molar-refractivity contribution is 0.398. The molecule has 1 saturated heterocycles. The van der Waals surface area contributed by atoms with E-state index in [-0.39, 0.29) is 12.0 Å². The molecule has 2 atom stereocenters. The van der Waals surface area contributed by atoms with Crippen LogP contribution < -0.4 is 5.32 Å². The van der Waals surface area contributed by atoms with Gasteiger partial charge in [0.1, 0.15) is 0 Å². The standard InChI is InChI=1S/C15H23NO2S/c1-3-12-7-5-6-8-14(12)15(16-4-2)13-9-10-19(17,18)11-13/h5-8,13,15-16H,3-4,9-11H2,1-2H3. The highest BCUT2D eigenvalue weighted by atomic mass is 32.2. The van der Waals surface area contributed by atoms with E-state index in [0.29, 0.717) is 11.5 Å². The number of sulfone groups is 1. The van der Waals surface area contributed by atoms with Gasteiger partial charge in [0.05, 0.1) is 11.5 Å². The van der Waals surface area contributed by atoms with E-state index in [1.807, 2.05) is 6.07 Å². The van der Waals surface area contributed by atoms with Crippen LogP contribution >= 0.6 is 0 Å². The molecule has 1 aromatic carbocycles. The Morgan fingerprint density at radius 2 is 2.05 bits per heavy atom. The van der Waals surface area contributed by atoms with Crippen LogP contribution in [0.25, 0.3) is 0 Å². The minimum Gasteiger partial charge on any atom is -0.310 e. The van der Waals surface area contributed by atoms with E-state index < -0.39 is 9.84 Å². The molecule has 3 nitrogen and oxygen atoms in total. The maximum atomic E-state index is 11.7. The van der Waals surface area contributed by atoms with Gasteiger partial charge in [-0.3, -0.25) is 0 Å². The number of rotatable bonds is 5. The summed E-state index contributed by atoms with van der Waals surface area (Å²) in [5, 5.41) is 3.49. The first kappa shape index (κ1) is 14.5. The van der Waals surface area contributed by atoms with Crippen molar-refractivity contribution in [2.75, 3.05) is 18.1 Å². The summed E-state index contributed by atoms with van der Waals surface area (Å²) in [6.45, 7) is 5.08. The van der Waals surface area contributed by atoms with Crippen LogP contribution in [-0.2, 0) is 16.3 Å². The number of benzene rings is 1. The van der Waals surface area contributed by atoms with Crippen molar-refractivity contribution in [2.45, 2.75) is 32.7 Å². The predicted molar refractivity (Wildman–Crippen MR) is 79.0 cm³/mol. The summed E-state index contributed by atoms with van der Waals surface area (Å²) >= 11 is 0. The van der Waals surface area contributed by atoms with Crippen molar-refractivity contribution in [1.82, 2.24) is 5.32 Å². The molecule has 106 valence electrons. The Balaban J connectivity index is 2.30. The highest BCUT2D eigenvalue weighted by Crippen LogP contribution is 2.33. The van der Waals surface area contributed by atoms with Gasteiger partial charge in [-0.25, -0.2) is 8.42 Å². The van der Waals surface area contributed by atoms with Crippen LogP contribution in [0.5, 0.6) is 0 Å². The third-order valence-corrected chi connectivity index (χ3v) is 5.73. The maximum Gasteiger partial charge on any atom is 0.150 e. The lowest BCUT2D eigenvalue weighted by Crippen LogP contribution is -2.29. The topological polar surface area (TPSA) is 46.2 Å². The molecule has 0 aliphatic carbocycles. The largest absolute Gasteiger partial charge is 0.310 e. The van der Waals surface area contributed by atoms with Gasteiger partial charge in [0, 0.05) is 6.04 Å². The van der Waals surface area contributed by atoms with Crippen LogP contribution in [0.1, 0.15) is 37.4 Å². The second-order valence-corrected chi connectivity index (χ2v) is 7.48. The molecule has 2 unspecified atom stereocenters. The van der Waals surface area contributed by atoms with Gasteiger partial charge in [0.25, 0.3) is 0 Å². The van der Waals surface area contributed by atoms with Gasteiger partial charge in [0.15, 0.2) is 9.84 Å². The molecule has 1 aromatic rings. The highest BCUT2D eigenvalue weighted by molar-refractivity contribution is 7.91. The molecule has 0 radical (unpaired) electrons. The maximum absolute atomic E-state index is 11.7. The zero-order valence-corrected chi connectivity index (χ0v) is 12.5. The lowest BCUT2D eigenvalue weighted by Gasteiger charge is -2.26. The Hall–Kier alpha value is -0.870. The van der Waals surface area contributed by atoms with Crippen molar-refractivity contribution in [1.29, 1.82) is 0 Å². The Morgan fingerprint density at radius 1 is 1.32 bits per heavy atom. The molecule has 4 heteroatoms. The first-order chi connectivity index (χ1) is 9.07. The molecule has 1 heterocycles. The van der Waals surface area contributed by atoms with Crippen molar-refractivity contribution < 1.29 is 8.42 Å². The molecule has 19 heavy (non-hydrogen) atoms. The first-order valence-corrected chi connectivity index (χ1v) is 8.91. The van der Waals surface area contributed by atoms with Crippen molar-refractivity contribution in [2.24, 2.45) is 5.92 Å². The van der Waals surface area contributed by atoms with Gasteiger partial charge in [-0.2, -0.15) is 0 Å². The van der Waals surface area contributed by atoms with Gasteiger partial charge >= 0.3 is 0 Å². The smallest absolute Gasteiger partial charge is 0.150 e. The summed E-state index contributed by atoms with van der Waals surface area (Å²) in [4.78, 5) is 0. The molecule has 1 aliphatic rings. The second kappa shape index (κ2) is 6.06. The van der Waals surface area contributed by atoms with Crippen molar-refractivity contribution in [3.63, 3.8) is 0 Å². The van der Waals surface area contributed by atoms with Gasteiger partial charge in [-0.15, -0.1) is 0 Å². The van der Waals surface area contributed by atoms with E-state index in [9.17, 15) is 8.42 Å². The third-order valence-electron chi connectivity index (χ3n) is 3.93. The van der Waals surface area contributed by atoms with Gasteiger partial charge < -0.3 is 5.32 Å². The molecule has 0 spiro atoms. The average molecular weight is 281 g/mol. The molecular weight excluding hydrogens is 258 g/mol. The van der Waals surface area contributed by atoms with E-state index in [4.69, 9.17) is 0 Å². The molecule has 1 N–H and O–H groups in total. The first-order valence-electron chi connectivity index (χ1n) is 7.09. The van der Waals surface area contributed by atoms with E-state index >= 15 is 0 Å². The Labute approximate surface area is 116 Å². The van der Waals surface area contributed by atoms with Crippen LogP contribution in [0.2, 0.25) is 0 Å². The number of nitrogens with one attached hydrogen (secondary N) is 1. The monoisotopic (exact) mass is 281 g/mol. The Bertz CT molecular complexity index is 525. The summed E-state index contributed by atoms with van der Waals surface area (Å²) in [5.74, 6) is 0.869. The molecule has 1 aliphatic heterocycles. The van der Waals surface area contributed by atoms with Crippen molar-refractivity contribution in [3.05, 3.63) is 35.4 Å². The fourth-order valence-corrected chi connectivity index (χ4v) is 4.84. The van der Waals surface area contributed by atoms with E-state index in [1.54, 1.807) is 0 Å². The summed E-state index contributed by atoms with van der Waals surface area (Å²) in [6.07, 6.45) is 1.76. The second-order valence-electron chi connectivity index (χ2n) is 5.25. The summed E-state index contributed by atoms with van der Waals surface area (Å²) in [7, 11) is -2.83. The summed E-state index contributed by atoms with van der Waals surface area (Å²) in [6, 6.07) is 8.54. The van der Waals surface area contributed by atoms with Crippen molar-refractivity contribution in [3.8, 4) is 0 Å². The third kappa shape index (κ3) is 3.37. The zero-order valence-electron chi connectivity index (χ0n) is 11.7. The summed E-state index contributed by atoms with van der Waals surface area (Å²) in [5.41, 5.74) is 2.59. The van der Waals surface area contributed by atoms with E-state index in [1.165, 1.54) is 11.1 Å². The molecular formula is C15H23NO2S. The van der Waals surface area contributed by atoms with Crippen molar-refractivity contribution >= 4 is 9.84 Å². The molecule has 1 fully saturated rings. The lowest BCUT2D eigenvalue weighted by atomic mass is 9.88. The normalized spacial score (nSPS) is 23.4. The quantitative estimate of drug-likeness (QED) is 0.901.